The summed E-state index contributed by atoms with van der Waals surface area (Å²) in [6.45, 7) is 1.14. The van der Waals surface area contributed by atoms with E-state index in [9.17, 15) is 4.39 Å². The molecule has 0 radical (unpaired) electrons. The average Bonchev–Trinajstić information content (AvgIpc) is 1.83. The first kappa shape index (κ1) is 7.40. The summed E-state index contributed by atoms with van der Waals surface area (Å²) in [6.07, 6.45) is 0.431. The van der Waals surface area contributed by atoms with Crippen molar-refractivity contribution in [1.29, 1.82) is 0 Å². The smallest absolute Gasteiger partial charge is 0.339 e. The lowest BCUT2D eigenvalue weighted by molar-refractivity contribution is 0.233. The molecule has 0 amide bonds. The van der Waals surface area contributed by atoms with E-state index in [4.69, 9.17) is 4.79 Å². The largest absolute Gasteiger partial charge is 0.482 e. The second-order valence-electron chi connectivity index (χ2n) is 1.28. The van der Waals surface area contributed by atoms with Crippen LogP contribution in [0.5, 0.6) is 0 Å². The van der Waals surface area contributed by atoms with Crippen LogP contribution in [0.2, 0.25) is 0 Å². The standard InChI is InChI=1S/C5H9FO2/c1-2-5(7)8-4-3-6/h2-4H2,1H3/p+1. The number of hydrogen-bond acceptors (Lipinski definition) is 1. The molecule has 0 bridgehead atoms. The SMILES string of the molecule is CCC(=[OH+])OCCF. The predicted molar refractivity (Wildman–Crippen MR) is 29.2 cm³/mol. The summed E-state index contributed by atoms with van der Waals surface area (Å²) in [7, 11) is 0. The first-order valence-corrected chi connectivity index (χ1v) is 2.54. The summed E-state index contributed by atoms with van der Waals surface area (Å²) in [5.74, 6) is -0.0948. The molecule has 0 aromatic rings. The molecule has 0 saturated heterocycles. The lowest BCUT2D eigenvalue weighted by Crippen LogP contribution is -2.04. The maximum atomic E-state index is 11.2. The van der Waals surface area contributed by atoms with Gasteiger partial charge in [-0.25, -0.2) is 4.39 Å². The normalized spacial score (nSPS) is 8.75. The van der Waals surface area contributed by atoms with Crippen molar-refractivity contribution in [2.75, 3.05) is 13.3 Å². The minimum Gasteiger partial charge on any atom is -0.339 e. The lowest BCUT2D eigenvalue weighted by atomic mass is 10.5. The zero-order chi connectivity index (χ0) is 6.41. The van der Waals surface area contributed by atoms with Gasteiger partial charge in [0.15, 0.2) is 0 Å². The van der Waals surface area contributed by atoms with Crippen molar-refractivity contribution in [3.63, 3.8) is 0 Å². The van der Waals surface area contributed by atoms with E-state index in [0.717, 1.165) is 0 Å². The highest BCUT2D eigenvalue weighted by molar-refractivity contribution is 5.69. The summed E-state index contributed by atoms with van der Waals surface area (Å²) in [4.78, 5) is 8.52. The fourth-order valence-electron chi connectivity index (χ4n) is 0.258. The maximum Gasteiger partial charge on any atom is 0.482 e. The van der Waals surface area contributed by atoms with E-state index in [1.807, 2.05) is 0 Å². The average molecular weight is 121 g/mol. The van der Waals surface area contributed by atoms with E-state index in [1.165, 1.54) is 0 Å². The van der Waals surface area contributed by atoms with Crippen molar-refractivity contribution in [3.05, 3.63) is 0 Å². The van der Waals surface area contributed by atoms with Crippen molar-refractivity contribution >= 4 is 5.97 Å². The quantitative estimate of drug-likeness (QED) is 0.403. The van der Waals surface area contributed by atoms with Crippen LogP contribution in [0.15, 0.2) is 0 Å². The van der Waals surface area contributed by atoms with Crippen LogP contribution in [0, 0.1) is 0 Å². The van der Waals surface area contributed by atoms with Crippen molar-refractivity contribution in [2.24, 2.45) is 0 Å². The van der Waals surface area contributed by atoms with Gasteiger partial charge in [-0.3, -0.25) is 0 Å². The fourth-order valence-corrected chi connectivity index (χ4v) is 0.258. The lowest BCUT2D eigenvalue weighted by Gasteiger charge is -1.85. The number of rotatable bonds is 3. The van der Waals surface area contributed by atoms with Gasteiger partial charge in [0.2, 0.25) is 6.61 Å². The molecule has 0 aliphatic heterocycles. The zero-order valence-corrected chi connectivity index (χ0v) is 4.85. The Morgan fingerprint density at radius 1 is 1.75 bits per heavy atom. The van der Waals surface area contributed by atoms with E-state index < -0.39 is 6.67 Å². The van der Waals surface area contributed by atoms with Gasteiger partial charge >= 0.3 is 5.97 Å². The minimum absolute atomic E-state index is 0.0420. The highest BCUT2D eigenvalue weighted by Crippen LogP contribution is 1.82. The maximum absolute atomic E-state index is 11.2. The first-order chi connectivity index (χ1) is 3.81. The van der Waals surface area contributed by atoms with E-state index in [1.54, 1.807) is 6.92 Å². The molecule has 48 valence electrons. The van der Waals surface area contributed by atoms with Crippen LogP contribution in [0.3, 0.4) is 0 Å². The van der Waals surface area contributed by atoms with E-state index in [-0.39, 0.29) is 12.6 Å². The molecule has 0 atom stereocenters. The molecular formula is C5H10FO2+. The number of ether oxygens (including phenoxy) is 1. The third-order valence-corrected chi connectivity index (χ3v) is 0.648. The van der Waals surface area contributed by atoms with Gasteiger partial charge in [0.1, 0.15) is 6.67 Å². The van der Waals surface area contributed by atoms with Gasteiger partial charge in [-0.2, -0.15) is 0 Å². The number of hydrogen-bond donors (Lipinski definition) is 0. The number of halogens is 1. The monoisotopic (exact) mass is 121 g/mol. The molecule has 0 aromatic carbocycles. The van der Waals surface area contributed by atoms with Gasteiger partial charge in [-0.15, -0.1) is 0 Å². The van der Waals surface area contributed by atoms with E-state index in [2.05, 4.69) is 4.74 Å². The Hall–Kier alpha value is -0.600. The molecule has 0 aromatic heterocycles. The second-order valence-corrected chi connectivity index (χ2v) is 1.28. The summed E-state index contributed by atoms with van der Waals surface area (Å²) in [5, 5.41) is 0. The Labute approximate surface area is 47.6 Å². The Bertz CT molecular complexity index is 72.8. The van der Waals surface area contributed by atoms with Crippen LogP contribution >= 0.6 is 0 Å². The van der Waals surface area contributed by atoms with Gasteiger partial charge in [-0.05, 0) is 6.92 Å². The Kier molecular flexibility index (Phi) is 4.21. The van der Waals surface area contributed by atoms with Crippen LogP contribution in [-0.2, 0) is 4.74 Å². The summed E-state index contributed by atoms with van der Waals surface area (Å²) in [5.41, 5.74) is 0. The third-order valence-electron chi connectivity index (χ3n) is 0.648. The molecule has 3 heteroatoms. The molecule has 0 fully saturated rings. The molecule has 2 nitrogen and oxygen atoms in total. The van der Waals surface area contributed by atoms with E-state index in [0.29, 0.717) is 6.42 Å². The van der Waals surface area contributed by atoms with E-state index >= 15 is 0 Å². The third kappa shape index (κ3) is 3.59. The molecule has 8 heavy (non-hydrogen) atoms. The number of carbonyl (C=O) groups excluding carboxylic acids is 1. The summed E-state index contributed by atoms with van der Waals surface area (Å²) < 4.78 is 15.7. The van der Waals surface area contributed by atoms with Crippen molar-refractivity contribution < 1.29 is 13.9 Å². The van der Waals surface area contributed by atoms with Crippen LogP contribution < -0.4 is 0 Å². The number of alkyl halides is 1. The highest BCUT2D eigenvalue weighted by Gasteiger charge is 2.05. The molecule has 0 spiro atoms. The van der Waals surface area contributed by atoms with Gasteiger partial charge in [0.25, 0.3) is 0 Å². The van der Waals surface area contributed by atoms with Crippen molar-refractivity contribution in [3.8, 4) is 0 Å². The van der Waals surface area contributed by atoms with Crippen molar-refractivity contribution in [2.45, 2.75) is 13.3 Å². The zero-order valence-electron chi connectivity index (χ0n) is 4.85. The van der Waals surface area contributed by atoms with Gasteiger partial charge in [-0.1, -0.05) is 0 Å². The van der Waals surface area contributed by atoms with Crippen molar-refractivity contribution in [1.82, 2.24) is 0 Å². The fraction of sp³-hybridized carbons (Fsp3) is 0.800. The predicted octanol–water partition coefficient (Wildman–Crippen LogP) is 0.885. The minimum atomic E-state index is -0.552. The molecule has 0 unspecified atom stereocenters. The molecule has 0 aliphatic rings. The second kappa shape index (κ2) is 4.56. The molecule has 0 aliphatic carbocycles. The highest BCUT2D eigenvalue weighted by atomic mass is 19.1. The summed E-state index contributed by atoms with van der Waals surface area (Å²) in [6, 6.07) is 0. The topological polar surface area (TPSA) is 30.6 Å². The first-order valence-electron chi connectivity index (χ1n) is 2.54. The van der Waals surface area contributed by atoms with Crippen LogP contribution in [0.1, 0.15) is 13.3 Å². The molecule has 0 rings (SSSR count). The van der Waals surface area contributed by atoms with Gasteiger partial charge < -0.3 is 9.53 Å². The Balaban J connectivity index is 2.99. The number of esters is 1. The molecular weight excluding hydrogens is 111 g/mol. The Morgan fingerprint density at radius 2 is 2.38 bits per heavy atom. The molecule has 0 saturated carbocycles. The van der Waals surface area contributed by atoms with Crippen LogP contribution in [-0.4, -0.2) is 24.0 Å². The van der Waals surface area contributed by atoms with Gasteiger partial charge in [0.05, 0.1) is 6.42 Å². The van der Waals surface area contributed by atoms with Crippen LogP contribution in [0.4, 0.5) is 4.39 Å². The summed E-state index contributed by atoms with van der Waals surface area (Å²) >= 11 is 0. The molecule has 0 heterocycles. The molecule has 1 N–H and O–H groups in total. The van der Waals surface area contributed by atoms with Crippen LogP contribution in [0.25, 0.3) is 0 Å². The van der Waals surface area contributed by atoms with Gasteiger partial charge in [0, 0.05) is 0 Å². The Morgan fingerprint density at radius 3 is 2.75 bits per heavy atom.